The van der Waals surface area contributed by atoms with Crippen LogP contribution in [-0.4, -0.2) is 29.8 Å². The molecule has 4 nitrogen and oxygen atoms in total. The third-order valence-electron chi connectivity index (χ3n) is 12.3. The minimum Gasteiger partial charge on any atom is -0.469 e. The van der Waals surface area contributed by atoms with Gasteiger partial charge in [-0.1, -0.05) is 202 Å². The molecule has 5 heterocycles. The summed E-state index contributed by atoms with van der Waals surface area (Å²) >= 11 is 5.55. The normalized spacial score (nSPS) is 10.5. The quantitative estimate of drug-likeness (QED) is 0.114. The maximum atomic E-state index is 5.09. The van der Waals surface area contributed by atoms with Gasteiger partial charge in [0.1, 0.15) is 5.76 Å². The van der Waals surface area contributed by atoms with Gasteiger partial charge in [-0.2, -0.15) is 11.3 Å². The molecule has 0 bridgehead atoms. The molecular weight excluding hydrogens is 1020 g/mol. The van der Waals surface area contributed by atoms with E-state index in [1.807, 2.05) is 71.9 Å². The van der Waals surface area contributed by atoms with Crippen LogP contribution in [0.2, 0.25) is 0 Å². The maximum Gasteiger partial charge on any atom is 0.106 e. The Bertz CT molecular complexity index is 2600. The zero-order chi connectivity index (χ0) is 58.5. The highest BCUT2D eigenvalue weighted by Gasteiger charge is 2.04. The average molecular weight is 1120 g/mol. The third kappa shape index (κ3) is 30.4. The van der Waals surface area contributed by atoms with Crippen molar-refractivity contribution in [2.45, 2.75) is 164 Å². The molecule has 0 N–H and O–H groups in total. The molecule has 79 heavy (non-hydrogen) atoms. The van der Waals surface area contributed by atoms with Gasteiger partial charge in [0.2, 0.25) is 0 Å². The standard InChI is InChI=1S/C13H14.C11H17N.C11H16S.2C8H11N.C7H10O.2C7H10S/c1-10(2)12-9-5-7-11-6-3-4-8-13(11)12;1-9(2)10-5-7-11(8-6-10)12(3)4;1-10(2)8-9-12-11-6-4-3-5-7-11;1-7(2)8-4-3-5-9-6-8;1-7(2)8-5-3-4-6-9-8;1-6(2)7-4-3-5-8-7;1-6(2)7-3-4-8-5-7;1-6(2)7-4-3-5-8-7/h3-10H,1-2H3;5-9H,1-4H3;3-7,10H,8-9H2,1-2H3;2*3-7H,1-2H3;3*3-6H,1-2H3. The molecular formula is C72H99N3OS3. The van der Waals surface area contributed by atoms with Crippen LogP contribution in [0.25, 0.3) is 10.8 Å². The minimum atomic E-state index is 0.519. The molecule has 0 aliphatic carbocycles. The number of thiophene rings is 2. The fourth-order valence-corrected chi connectivity index (χ4v) is 9.86. The molecule has 0 spiro atoms. The Morgan fingerprint density at radius 3 is 1.56 bits per heavy atom. The summed E-state index contributed by atoms with van der Waals surface area (Å²) in [7, 11) is 4.12. The average Bonchev–Trinajstić information content (AvgIpc) is 4.30. The number of hydrogen-bond donors (Lipinski definition) is 0. The monoisotopic (exact) mass is 1120 g/mol. The Morgan fingerprint density at radius 1 is 0.494 bits per heavy atom. The second kappa shape index (κ2) is 40.4. The summed E-state index contributed by atoms with van der Waals surface area (Å²) in [6, 6.07) is 54.8. The van der Waals surface area contributed by atoms with Gasteiger partial charge in [0.05, 0.1) is 6.26 Å². The Hall–Kier alpha value is -5.73. The molecule has 0 radical (unpaired) electrons. The highest BCUT2D eigenvalue weighted by molar-refractivity contribution is 7.99. The molecule has 9 aromatic rings. The number of anilines is 1. The molecule has 5 aromatic heterocycles. The first-order valence-corrected chi connectivity index (χ1v) is 31.3. The molecule has 9 rings (SSSR count). The maximum absolute atomic E-state index is 5.09. The van der Waals surface area contributed by atoms with E-state index >= 15 is 0 Å². The van der Waals surface area contributed by atoms with Crippen LogP contribution in [0.5, 0.6) is 0 Å². The number of furan rings is 1. The van der Waals surface area contributed by atoms with Crippen molar-refractivity contribution in [3.05, 3.63) is 237 Å². The van der Waals surface area contributed by atoms with Crippen molar-refractivity contribution in [2.75, 3.05) is 24.7 Å². The van der Waals surface area contributed by atoms with E-state index in [4.69, 9.17) is 4.42 Å². The van der Waals surface area contributed by atoms with Crippen molar-refractivity contribution in [3.63, 3.8) is 0 Å². The summed E-state index contributed by atoms with van der Waals surface area (Å²) in [6.07, 6.45) is 8.54. The van der Waals surface area contributed by atoms with E-state index in [0.717, 1.165) is 17.4 Å². The van der Waals surface area contributed by atoms with Crippen LogP contribution in [0.15, 0.2) is 208 Å². The molecule has 0 aliphatic heterocycles. The van der Waals surface area contributed by atoms with E-state index in [-0.39, 0.29) is 0 Å². The number of thioether (sulfide) groups is 1. The van der Waals surface area contributed by atoms with Crippen LogP contribution in [0, 0.1) is 5.92 Å². The van der Waals surface area contributed by atoms with Gasteiger partial charge in [0.15, 0.2) is 0 Å². The third-order valence-corrected chi connectivity index (χ3v) is 15.2. The molecule has 7 heteroatoms. The molecule has 0 amide bonds. The van der Waals surface area contributed by atoms with Crippen LogP contribution in [0.1, 0.15) is 197 Å². The first-order chi connectivity index (χ1) is 37.7. The number of hydrogen-bond acceptors (Lipinski definition) is 7. The second-order valence-electron chi connectivity index (χ2n) is 22.1. The van der Waals surface area contributed by atoms with Gasteiger partial charge in [-0.15, -0.1) is 23.1 Å². The molecule has 426 valence electrons. The Labute approximate surface area is 493 Å². The van der Waals surface area contributed by atoms with Crippen molar-refractivity contribution < 1.29 is 4.42 Å². The second-order valence-corrected chi connectivity index (χ2v) is 25.0. The van der Waals surface area contributed by atoms with Crippen LogP contribution >= 0.6 is 34.4 Å². The Morgan fingerprint density at radius 2 is 1.14 bits per heavy atom. The summed E-state index contributed by atoms with van der Waals surface area (Å²) in [6.45, 7) is 35.1. The van der Waals surface area contributed by atoms with Gasteiger partial charge in [-0.25, -0.2) is 0 Å². The lowest BCUT2D eigenvalue weighted by Gasteiger charge is -2.13. The molecule has 0 saturated heterocycles. The number of rotatable bonds is 12. The van der Waals surface area contributed by atoms with Crippen molar-refractivity contribution in [3.8, 4) is 0 Å². The largest absolute Gasteiger partial charge is 0.469 e. The fraction of sp³-hybridized carbons (Fsp3) is 0.389. The van der Waals surface area contributed by atoms with Crippen molar-refractivity contribution >= 4 is 50.9 Å². The summed E-state index contributed by atoms with van der Waals surface area (Å²) in [5.41, 5.74) is 8.03. The van der Waals surface area contributed by atoms with Gasteiger partial charge in [-0.3, -0.25) is 9.97 Å². The van der Waals surface area contributed by atoms with Crippen LogP contribution in [0.4, 0.5) is 5.69 Å². The SMILES string of the molecule is CC(C)CCSc1ccccc1.CC(C)c1ccc(N(C)C)cc1.CC(C)c1cccc2ccccc12.CC(C)c1ccccn1.CC(C)c1cccnc1.CC(C)c1ccco1.CC(C)c1cccs1.CC(C)c1ccsc1. The van der Waals surface area contributed by atoms with Crippen LogP contribution in [-0.2, 0) is 0 Å². The zero-order valence-corrected chi connectivity index (χ0v) is 54.0. The summed E-state index contributed by atoms with van der Waals surface area (Å²) in [5.74, 6) is 7.41. The number of nitrogens with zero attached hydrogens (tertiary/aromatic N) is 3. The topological polar surface area (TPSA) is 42.2 Å². The fourth-order valence-electron chi connectivity index (χ4n) is 7.12. The van der Waals surface area contributed by atoms with E-state index in [1.54, 1.807) is 23.8 Å². The number of pyridine rings is 2. The highest BCUT2D eigenvalue weighted by atomic mass is 32.2. The van der Waals surface area contributed by atoms with Crippen molar-refractivity contribution in [2.24, 2.45) is 5.92 Å². The van der Waals surface area contributed by atoms with Gasteiger partial charge in [0.25, 0.3) is 0 Å². The van der Waals surface area contributed by atoms with E-state index in [2.05, 4.69) is 277 Å². The van der Waals surface area contributed by atoms with Crippen LogP contribution < -0.4 is 4.90 Å². The number of aromatic nitrogens is 2. The summed E-state index contributed by atoms with van der Waals surface area (Å²) in [4.78, 5) is 13.2. The zero-order valence-electron chi connectivity index (χ0n) is 51.6. The lowest BCUT2D eigenvalue weighted by Crippen LogP contribution is -2.08. The van der Waals surface area contributed by atoms with Gasteiger partial charge in [-0.05, 0) is 169 Å². The van der Waals surface area contributed by atoms with E-state index in [9.17, 15) is 0 Å². The van der Waals surface area contributed by atoms with E-state index in [1.165, 1.54) is 60.7 Å². The summed E-state index contributed by atoms with van der Waals surface area (Å²) in [5, 5.41) is 9.17. The number of fused-ring (bicyclic) bond motifs is 1. The van der Waals surface area contributed by atoms with Crippen LogP contribution in [0.3, 0.4) is 0 Å². The molecule has 0 atom stereocenters. The minimum absolute atomic E-state index is 0.519. The Kier molecular flexibility index (Phi) is 35.5. The first kappa shape index (κ1) is 69.4. The smallest absolute Gasteiger partial charge is 0.106 e. The van der Waals surface area contributed by atoms with Crippen molar-refractivity contribution in [1.29, 1.82) is 0 Å². The van der Waals surface area contributed by atoms with Gasteiger partial charge in [0, 0.05) is 59.8 Å². The lowest BCUT2D eigenvalue weighted by atomic mass is 9.96. The molecule has 0 aliphatic rings. The predicted molar refractivity (Wildman–Crippen MR) is 356 cm³/mol. The lowest BCUT2D eigenvalue weighted by molar-refractivity contribution is 0.487. The van der Waals surface area contributed by atoms with Gasteiger partial charge < -0.3 is 9.32 Å². The van der Waals surface area contributed by atoms with E-state index < -0.39 is 0 Å². The Balaban J connectivity index is 0.000000311. The van der Waals surface area contributed by atoms with E-state index in [0.29, 0.717) is 41.4 Å². The first-order valence-electron chi connectivity index (χ1n) is 28.5. The molecule has 4 aromatic carbocycles. The molecule has 0 unspecified atom stereocenters. The molecule has 0 saturated carbocycles. The van der Waals surface area contributed by atoms with Gasteiger partial charge >= 0.3 is 0 Å². The number of benzene rings is 4. The van der Waals surface area contributed by atoms with Crippen molar-refractivity contribution in [1.82, 2.24) is 9.97 Å². The highest BCUT2D eigenvalue weighted by Crippen LogP contribution is 2.25. The summed E-state index contributed by atoms with van der Waals surface area (Å²) < 4.78 is 5.09. The predicted octanol–water partition coefficient (Wildman–Crippen LogP) is 23.2. The molecule has 0 fully saturated rings.